The average molecular weight is 410 g/mol. The Bertz CT molecular complexity index is 802. The van der Waals surface area contributed by atoms with Crippen LogP contribution >= 0.6 is 0 Å². The maximum atomic E-state index is 12.9. The number of aliphatic hydroxyl groups excluding tert-OH is 1. The number of amides is 1. The Hall–Kier alpha value is -1.52. The molecule has 0 unspecified atom stereocenters. The van der Waals surface area contributed by atoms with Crippen LogP contribution in [-0.4, -0.2) is 73.5 Å². The third-order valence-electron chi connectivity index (χ3n) is 6.21. The van der Waals surface area contributed by atoms with Crippen LogP contribution in [0.4, 0.5) is 0 Å². The summed E-state index contributed by atoms with van der Waals surface area (Å²) in [4.78, 5) is 12.9. The van der Waals surface area contributed by atoms with E-state index in [0.29, 0.717) is 45.6 Å². The van der Waals surface area contributed by atoms with Gasteiger partial charge in [-0.15, -0.1) is 0 Å². The molecule has 3 aliphatic rings. The van der Waals surface area contributed by atoms with Gasteiger partial charge in [0.25, 0.3) is 10.2 Å². The number of carbonyl (C=O) groups excluding carboxylic acids is 1. The Labute approximate surface area is 165 Å². The topological polar surface area (TPSA) is 99.2 Å². The molecule has 2 N–H and O–H groups in total. The molecular formula is C19H27N3O5S. The van der Waals surface area contributed by atoms with Gasteiger partial charge in [0, 0.05) is 26.2 Å². The first kappa shape index (κ1) is 19.8. The third-order valence-corrected chi connectivity index (χ3v) is 8.25. The van der Waals surface area contributed by atoms with Crippen molar-refractivity contribution in [2.24, 2.45) is 5.41 Å². The highest BCUT2D eigenvalue weighted by atomic mass is 32.2. The van der Waals surface area contributed by atoms with E-state index in [1.807, 2.05) is 30.3 Å². The van der Waals surface area contributed by atoms with Gasteiger partial charge in [-0.1, -0.05) is 30.3 Å². The fourth-order valence-corrected chi connectivity index (χ4v) is 6.07. The van der Waals surface area contributed by atoms with Crippen LogP contribution in [0, 0.1) is 5.41 Å². The smallest absolute Gasteiger partial charge is 0.282 e. The quantitative estimate of drug-likeness (QED) is 0.747. The number of hydrogen-bond acceptors (Lipinski definition) is 5. The highest BCUT2D eigenvalue weighted by Gasteiger charge is 2.50. The summed E-state index contributed by atoms with van der Waals surface area (Å²) in [6.45, 7) is 2.12. The van der Waals surface area contributed by atoms with Crippen LogP contribution in [0.2, 0.25) is 0 Å². The lowest BCUT2D eigenvalue weighted by Crippen LogP contribution is -2.59. The number of rotatable bonds is 3. The van der Waals surface area contributed by atoms with Gasteiger partial charge in [-0.05, 0) is 24.8 Å². The molecule has 1 aromatic carbocycles. The number of morpholine rings is 1. The van der Waals surface area contributed by atoms with Crippen molar-refractivity contribution < 1.29 is 23.1 Å². The Kier molecular flexibility index (Phi) is 5.45. The summed E-state index contributed by atoms with van der Waals surface area (Å²) >= 11 is 0. The monoisotopic (exact) mass is 409 g/mol. The first-order valence-corrected chi connectivity index (χ1v) is 11.2. The summed E-state index contributed by atoms with van der Waals surface area (Å²) in [6.07, 6.45) is 0.494. The molecule has 0 aromatic heterocycles. The zero-order valence-electron chi connectivity index (χ0n) is 15.8. The van der Waals surface area contributed by atoms with E-state index >= 15 is 0 Å². The number of carbonyl (C=O) groups is 1. The summed E-state index contributed by atoms with van der Waals surface area (Å²) in [5.41, 5.74) is 0.174. The van der Waals surface area contributed by atoms with E-state index in [-0.39, 0.29) is 19.0 Å². The Morgan fingerprint density at radius 2 is 1.64 bits per heavy atom. The largest absolute Gasteiger partial charge is 0.391 e. The second kappa shape index (κ2) is 7.72. The molecular weight excluding hydrogens is 382 g/mol. The van der Waals surface area contributed by atoms with E-state index in [0.717, 1.165) is 5.56 Å². The molecule has 1 amide bonds. The van der Waals surface area contributed by atoms with Gasteiger partial charge in [0.1, 0.15) is 0 Å². The molecule has 28 heavy (non-hydrogen) atoms. The summed E-state index contributed by atoms with van der Waals surface area (Å²) in [5.74, 6) is -0.0879. The zero-order chi connectivity index (χ0) is 19.8. The van der Waals surface area contributed by atoms with Crippen molar-refractivity contribution in [2.45, 2.75) is 31.4 Å². The molecule has 0 aliphatic carbocycles. The molecule has 3 fully saturated rings. The maximum absolute atomic E-state index is 12.9. The van der Waals surface area contributed by atoms with Crippen LogP contribution in [-0.2, 0) is 19.7 Å². The van der Waals surface area contributed by atoms with Gasteiger partial charge >= 0.3 is 0 Å². The molecule has 0 saturated carbocycles. The van der Waals surface area contributed by atoms with Crippen molar-refractivity contribution >= 4 is 16.1 Å². The standard InChI is InChI=1S/C19H27N3O5S/c23-16-14-19(18(24)20-17(16)15-4-2-1-3-5-15)6-8-21(9-7-19)28(25,26)22-10-12-27-13-11-22/h1-5,16-17,23H,6-14H2,(H,20,24)/t16-,17+/m1/s1. The normalized spacial score (nSPS) is 29.5. The van der Waals surface area contributed by atoms with E-state index in [4.69, 9.17) is 4.74 Å². The van der Waals surface area contributed by atoms with Crippen LogP contribution in [0.15, 0.2) is 30.3 Å². The maximum Gasteiger partial charge on any atom is 0.282 e. The van der Waals surface area contributed by atoms with Crippen molar-refractivity contribution in [3.8, 4) is 0 Å². The molecule has 1 aromatic rings. The minimum Gasteiger partial charge on any atom is -0.391 e. The Morgan fingerprint density at radius 1 is 1.04 bits per heavy atom. The number of piperidine rings is 2. The van der Waals surface area contributed by atoms with Crippen LogP contribution < -0.4 is 5.32 Å². The lowest BCUT2D eigenvalue weighted by atomic mass is 9.69. The third kappa shape index (κ3) is 3.57. The first-order chi connectivity index (χ1) is 13.4. The molecule has 0 bridgehead atoms. The van der Waals surface area contributed by atoms with Gasteiger partial charge in [0.15, 0.2) is 0 Å². The van der Waals surface area contributed by atoms with Crippen LogP contribution in [0.1, 0.15) is 30.9 Å². The van der Waals surface area contributed by atoms with Gasteiger partial charge < -0.3 is 15.2 Å². The summed E-state index contributed by atoms with van der Waals surface area (Å²) in [5, 5.41) is 13.7. The number of nitrogens with one attached hydrogen (secondary N) is 1. The Morgan fingerprint density at radius 3 is 2.29 bits per heavy atom. The van der Waals surface area contributed by atoms with E-state index < -0.39 is 27.8 Å². The van der Waals surface area contributed by atoms with E-state index in [9.17, 15) is 18.3 Å². The van der Waals surface area contributed by atoms with E-state index in [1.165, 1.54) is 8.61 Å². The molecule has 1 spiro atoms. The van der Waals surface area contributed by atoms with Crippen LogP contribution in [0.3, 0.4) is 0 Å². The van der Waals surface area contributed by atoms with Crippen molar-refractivity contribution in [2.75, 3.05) is 39.4 Å². The highest BCUT2D eigenvalue weighted by Crippen LogP contribution is 2.43. The van der Waals surface area contributed by atoms with Crippen molar-refractivity contribution in [1.29, 1.82) is 0 Å². The Balaban J connectivity index is 1.43. The zero-order valence-corrected chi connectivity index (χ0v) is 16.6. The number of hydrogen-bond donors (Lipinski definition) is 2. The number of nitrogens with zero attached hydrogens (tertiary/aromatic N) is 2. The summed E-state index contributed by atoms with van der Waals surface area (Å²) < 4.78 is 33.8. The van der Waals surface area contributed by atoms with Gasteiger partial charge in [-0.2, -0.15) is 17.0 Å². The minimum absolute atomic E-state index is 0.0879. The number of aliphatic hydroxyl groups is 1. The van der Waals surface area contributed by atoms with Gasteiger partial charge in [-0.3, -0.25) is 4.79 Å². The molecule has 9 heteroatoms. The minimum atomic E-state index is -3.53. The van der Waals surface area contributed by atoms with E-state index in [2.05, 4.69) is 5.32 Å². The van der Waals surface area contributed by atoms with E-state index in [1.54, 1.807) is 0 Å². The predicted octanol–water partition coefficient (Wildman–Crippen LogP) is 0.268. The fourth-order valence-electron chi connectivity index (χ4n) is 4.48. The van der Waals surface area contributed by atoms with Gasteiger partial charge in [-0.25, -0.2) is 0 Å². The first-order valence-electron chi connectivity index (χ1n) is 9.79. The molecule has 3 aliphatic heterocycles. The predicted molar refractivity (Wildman–Crippen MR) is 103 cm³/mol. The summed E-state index contributed by atoms with van der Waals surface area (Å²) in [7, 11) is -3.53. The number of ether oxygens (including phenoxy) is 1. The van der Waals surface area contributed by atoms with Crippen molar-refractivity contribution in [3.05, 3.63) is 35.9 Å². The van der Waals surface area contributed by atoms with Crippen molar-refractivity contribution in [3.63, 3.8) is 0 Å². The van der Waals surface area contributed by atoms with Crippen LogP contribution in [0.5, 0.6) is 0 Å². The average Bonchev–Trinajstić information content (AvgIpc) is 2.72. The lowest BCUT2D eigenvalue weighted by molar-refractivity contribution is -0.143. The van der Waals surface area contributed by atoms with Gasteiger partial charge in [0.2, 0.25) is 5.91 Å². The van der Waals surface area contributed by atoms with Crippen molar-refractivity contribution in [1.82, 2.24) is 13.9 Å². The summed E-state index contributed by atoms with van der Waals surface area (Å²) in [6, 6.07) is 9.02. The number of benzene rings is 1. The molecule has 8 nitrogen and oxygen atoms in total. The highest BCUT2D eigenvalue weighted by molar-refractivity contribution is 7.86. The van der Waals surface area contributed by atoms with Crippen LogP contribution in [0.25, 0.3) is 0 Å². The SMILES string of the molecule is O=C1N[C@@H](c2ccccc2)[C@H](O)CC12CCN(S(=O)(=O)N1CCOCC1)CC2. The molecule has 4 rings (SSSR count). The molecule has 3 heterocycles. The van der Waals surface area contributed by atoms with Gasteiger partial charge in [0.05, 0.1) is 30.8 Å². The molecule has 3 saturated heterocycles. The molecule has 154 valence electrons. The molecule has 2 atom stereocenters. The second-order valence-electron chi connectivity index (χ2n) is 7.83. The molecule has 0 radical (unpaired) electrons. The fraction of sp³-hybridized carbons (Fsp3) is 0.632. The second-order valence-corrected chi connectivity index (χ2v) is 9.76. The lowest BCUT2D eigenvalue weighted by Gasteiger charge is -2.47.